The molecular weight excluding hydrogens is 252 g/mol. The van der Waals surface area contributed by atoms with Gasteiger partial charge in [-0.15, -0.1) is 0 Å². The number of benzene rings is 1. The van der Waals surface area contributed by atoms with Gasteiger partial charge in [0, 0.05) is 18.7 Å². The van der Waals surface area contributed by atoms with Gasteiger partial charge in [-0.1, -0.05) is 38.3 Å². The third-order valence-corrected chi connectivity index (χ3v) is 3.50. The number of nitrogens with zero attached hydrogens (tertiary/aromatic N) is 1. The van der Waals surface area contributed by atoms with Gasteiger partial charge in [0.15, 0.2) is 0 Å². The third-order valence-electron chi connectivity index (χ3n) is 3.15. The van der Waals surface area contributed by atoms with Crippen molar-refractivity contribution in [3.05, 3.63) is 38.9 Å². The second kappa shape index (κ2) is 7.34. The van der Waals surface area contributed by atoms with Crippen LogP contribution in [0.4, 0.5) is 5.69 Å². The predicted molar refractivity (Wildman–Crippen MR) is 73.9 cm³/mol. The largest absolute Gasteiger partial charge is 0.312 e. The fourth-order valence-electron chi connectivity index (χ4n) is 1.78. The lowest BCUT2D eigenvalue weighted by Gasteiger charge is -2.13. The van der Waals surface area contributed by atoms with E-state index >= 15 is 0 Å². The molecule has 0 amide bonds. The maximum atomic E-state index is 10.6. The molecule has 0 radical (unpaired) electrons. The molecule has 5 heteroatoms. The molecule has 1 aromatic rings. The lowest BCUT2D eigenvalue weighted by Crippen LogP contribution is -2.21. The van der Waals surface area contributed by atoms with Gasteiger partial charge in [-0.3, -0.25) is 10.1 Å². The summed E-state index contributed by atoms with van der Waals surface area (Å²) < 4.78 is 0. The SMILES string of the molecule is CCC(CC)CNCc1ccc([N+](=O)[O-])cc1Cl. The van der Waals surface area contributed by atoms with Crippen molar-refractivity contribution in [2.45, 2.75) is 33.2 Å². The van der Waals surface area contributed by atoms with E-state index < -0.39 is 4.92 Å². The Hall–Kier alpha value is -1.13. The molecule has 0 aliphatic carbocycles. The van der Waals surface area contributed by atoms with Crippen molar-refractivity contribution < 1.29 is 4.92 Å². The molecule has 0 heterocycles. The summed E-state index contributed by atoms with van der Waals surface area (Å²) in [5.74, 6) is 0.668. The van der Waals surface area contributed by atoms with Crippen molar-refractivity contribution in [3.8, 4) is 0 Å². The lowest BCUT2D eigenvalue weighted by molar-refractivity contribution is -0.384. The maximum Gasteiger partial charge on any atom is 0.270 e. The van der Waals surface area contributed by atoms with Crippen molar-refractivity contribution in [2.24, 2.45) is 5.92 Å². The summed E-state index contributed by atoms with van der Waals surface area (Å²) >= 11 is 6.01. The topological polar surface area (TPSA) is 55.2 Å². The molecule has 0 aliphatic heterocycles. The zero-order chi connectivity index (χ0) is 13.5. The minimum absolute atomic E-state index is 0.0312. The number of hydrogen-bond donors (Lipinski definition) is 1. The monoisotopic (exact) mass is 270 g/mol. The maximum absolute atomic E-state index is 10.6. The summed E-state index contributed by atoms with van der Waals surface area (Å²) in [6.45, 7) is 5.94. The van der Waals surface area contributed by atoms with Crippen molar-refractivity contribution in [1.82, 2.24) is 5.32 Å². The molecule has 0 aliphatic rings. The summed E-state index contributed by atoms with van der Waals surface area (Å²) in [4.78, 5) is 10.1. The minimum atomic E-state index is -0.437. The average Bonchev–Trinajstić information content (AvgIpc) is 2.36. The van der Waals surface area contributed by atoms with Gasteiger partial charge in [-0.25, -0.2) is 0 Å². The summed E-state index contributed by atoms with van der Waals surface area (Å²) in [6.07, 6.45) is 2.30. The normalized spacial score (nSPS) is 10.9. The third kappa shape index (κ3) is 4.27. The zero-order valence-electron chi connectivity index (χ0n) is 10.8. The van der Waals surface area contributed by atoms with Crippen LogP contribution in [0.1, 0.15) is 32.3 Å². The Kier molecular flexibility index (Phi) is 6.09. The van der Waals surface area contributed by atoms with Crippen LogP contribution in [0.2, 0.25) is 5.02 Å². The van der Waals surface area contributed by atoms with Gasteiger partial charge < -0.3 is 5.32 Å². The van der Waals surface area contributed by atoms with E-state index in [4.69, 9.17) is 11.6 Å². The van der Waals surface area contributed by atoms with Crippen LogP contribution in [0.15, 0.2) is 18.2 Å². The molecular formula is C13H19ClN2O2. The average molecular weight is 271 g/mol. The quantitative estimate of drug-likeness (QED) is 0.606. The highest BCUT2D eigenvalue weighted by atomic mass is 35.5. The predicted octanol–water partition coefficient (Wildman–Crippen LogP) is 3.77. The first-order valence-electron chi connectivity index (χ1n) is 6.22. The number of non-ortho nitro benzene ring substituents is 1. The highest BCUT2D eigenvalue weighted by molar-refractivity contribution is 6.31. The Labute approximate surface area is 112 Å². The number of hydrogen-bond acceptors (Lipinski definition) is 3. The van der Waals surface area contributed by atoms with Gasteiger partial charge in [0.1, 0.15) is 0 Å². The number of nitro groups is 1. The lowest BCUT2D eigenvalue weighted by atomic mass is 10.0. The van der Waals surface area contributed by atoms with E-state index in [1.165, 1.54) is 12.1 Å². The standard InChI is InChI=1S/C13H19ClN2O2/c1-3-10(4-2)8-15-9-11-5-6-12(16(17)18)7-13(11)14/h5-7,10,15H,3-4,8-9H2,1-2H3. The van der Waals surface area contributed by atoms with Crippen LogP contribution < -0.4 is 5.32 Å². The van der Waals surface area contributed by atoms with Crippen molar-refractivity contribution in [3.63, 3.8) is 0 Å². The Morgan fingerprint density at radius 3 is 2.56 bits per heavy atom. The Bertz CT molecular complexity index is 406. The fourth-order valence-corrected chi connectivity index (χ4v) is 2.02. The van der Waals surface area contributed by atoms with E-state index in [9.17, 15) is 10.1 Å². The Morgan fingerprint density at radius 1 is 1.39 bits per heavy atom. The summed E-state index contributed by atoms with van der Waals surface area (Å²) in [5.41, 5.74) is 0.928. The van der Waals surface area contributed by atoms with Crippen LogP contribution in [0.5, 0.6) is 0 Å². The van der Waals surface area contributed by atoms with Gasteiger partial charge in [-0.05, 0) is 24.1 Å². The highest BCUT2D eigenvalue weighted by Gasteiger charge is 2.09. The molecule has 0 bridgehead atoms. The molecule has 4 nitrogen and oxygen atoms in total. The first kappa shape index (κ1) is 14.9. The second-order valence-corrected chi connectivity index (χ2v) is 4.75. The van der Waals surface area contributed by atoms with Crippen molar-refractivity contribution in [1.29, 1.82) is 0 Å². The molecule has 1 aromatic carbocycles. The number of halogens is 1. The molecule has 0 fully saturated rings. The Morgan fingerprint density at radius 2 is 2.06 bits per heavy atom. The van der Waals surface area contributed by atoms with Crippen LogP contribution >= 0.6 is 11.6 Å². The van der Waals surface area contributed by atoms with Crippen LogP contribution in [0.25, 0.3) is 0 Å². The fraction of sp³-hybridized carbons (Fsp3) is 0.538. The smallest absolute Gasteiger partial charge is 0.270 e. The molecule has 18 heavy (non-hydrogen) atoms. The molecule has 0 saturated carbocycles. The van der Waals surface area contributed by atoms with Crippen molar-refractivity contribution >= 4 is 17.3 Å². The van der Waals surface area contributed by atoms with E-state index in [0.29, 0.717) is 17.5 Å². The summed E-state index contributed by atoms with van der Waals surface area (Å²) in [6, 6.07) is 4.59. The van der Waals surface area contributed by atoms with Crippen LogP contribution in [-0.2, 0) is 6.54 Å². The molecule has 0 unspecified atom stereocenters. The Balaban J connectivity index is 2.55. The van der Waals surface area contributed by atoms with Crippen molar-refractivity contribution in [2.75, 3.05) is 6.54 Å². The molecule has 0 atom stereocenters. The zero-order valence-corrected chi connectivity index (χ0v) is 11.5. The van der Waals surface area contributed by atoms with Crippen LogP contribution in [0, 0.1) is 16.0 Å². The van der Waals surface area contributed by atoms with Gasteiger partial charge in [0.2, 0.25) is 0 Å². The van der Waals surface area contributed by atoms with Crippen LogP contribution in [-0.4, -0.2) is 11.5 Å². The van der Waals surface area contributed by atoms with Gasteiger partial charge >= 0.3 is 0 Å². The minimum Gasteiger partial charge on any atom is -0.312 e. The molecule has 100 valence electrons. The highest BCUT2D eigenvalue weighted by Crippen LogP contribution is 2.22. The molecule has 1 rings (SSSR count). The van der Waals surface area contributed by atoms with E-state index in [2.05, 4.69) is 19.2 Å². The first-order chi connectivity index (χ1) is 8.58. The second-order valence-electron chi connectivity index (χ2n) is 4.35. The molecule has 0 aromatic heterocycles. The first-order valence-corrected chi connectivity index (χ1v) is 6.59. The van der Waals surface area contributed by atoms with Gasteiger partial charge in [0.25, 0.3) is 5.69 Å². The van der Waals surface area contributed by atoms with E-state index in [0.717, 1.165) is 24.9 Å². The molecule has 0 spiro atoms. The number of rotatable bonds is 7. The van der Waals surface area contributed by atoms with Gasteiger partial charge in [0.05, 0.1) is 9.95 Å². The number of nitro benzene ring substituents is 1. The van der Waals surface area contributed by atoms with Crippen LogP contribution in [0.3, 0.4) is 0 Å². The van der Waals surface area contributed by atoms with E-state index in [-0.39, 0.29) is 5.69 Å². The molecule has 1 N–H and O–H groups in total. The van der Waals surface area contributed by atoms with Gasteiger partial charge in [-0.2, -0.15) is 0 Å². The summed E-state index contributed by atoms with van der Waals surface area (Å²) in [7, 11) is 0. The number of nitrogens with one attached hydrogen (secondary N) is 1. The van der Waals surface area contributed by atoms with E-state index in [1.54, 1.807) is 6.07 Å². The molecule has 0 saturated heterocycles. The van der Waals surface area contributed by atoms with E-state index in [1.807, 2.05) is 0 Å². The summed E-state index contributed by atoms with van der Waals surface area (Å²) in [5, 5.41) is 14.4.